The maximum atomic E-state index is 10.8. The van der Waals surface area contributed by atoms with Gasteiger partial charge in [-0.05, 0) is 30.9 Å². The molecule has 19 heavy (non-hydrogen) atoms. The number of hydrogen-bond acceptors (Lipinski definition) is 3. The third-order valence-electron chi connectivity index (χ3n) is 3.67. The lowest BCUT2D eigenvalue weighted by Crippen LogP contribution is -2.23. The van der Waals surface area contributed by atoms with Crippen LogP contribution in [0.5, 0.6) is 0 Å². The molecule has 1 heterocycles. The normalized spacial score (nSPS) is 18.0. The van der Waals surface area contributed by atoms with Crippen LogP contribution in [0.15, 0.2) is 18.2 Å². The Balaban J connectivity index is 2.16. The van der Waals surface area contributed by atoms with Gasteiger partial charge in [0.05, 0.1) is 11.0 Å². The quantitative estimate of drug-likeness (QED) is 0.503. The van der Waals surface area contributed by atoms with Crippen molar-refractivity contribution in [1.82, 2.24) is 10.3 Å². The second-order valence-corrected chi connectivity index (χ2v) is 4.73. The molecule has 0 radical (unpaired) electrons. The zero-order valence-electron chi connectivity index (χ0n) is 10.2. The summed E-state index contributed by atoms with van der Waals surface area (Å²) in [6.07, 6.45) is 3.44. The Morgan fingerprint density at radius 2 is 2.32 bits per heavy atom. The molecule has 6 heteroatoms. The minimum absolute atomic E-state index is 0.0206. The van der Waals surface area contributed by atoms with Gasteiger partial charge in [0, 0.05) is 28.7 Å². The molecular formula is C13H13N3O3. The number of fused-ring (bicyclic) bond motifs is 3. The van der Waals surface area contributed by atoms with Crippen molar-refractivity contribution in [2.24, 2.45) is 0 Å². The van der Waals surface area contributed by atoms with Crippen molar-refractivity contribution in [2.45, 2.75) is 25.3 Å². The van der Waals surface area contributed by atoms with Crippen molar-refractivity contribution in [3.8, 4) is 0 Å². The smallest absolute Gasteiger partial charge is 0.270 e. The number of hydrogen-bond donors (Lipinski definition) is 2. The third kappa shape index (κ3) is 1.85. The molecule has 6 nitrogen and oxygen atoms in total. The van der Waals surface area contributed by atoms with E-state index >= 15 is 0 Å². The van der Waals surface area contributed by atoms with Gasteiger partial charge < -0.3 is 10.3 Å². The lowest BCUT2D eigenvalue weighted by atomic mass is 9.92. The molecule has 1 aliphatic rings. The van der Waals surface area contributed by atoms with Crippen LogP contribution in [0.4, 0.5) is 5.69 Å². The van der Waals surface area contributed by atoms with Crippen LogP contribution < -0.4 is 5.32 Å². The van der Waals surface area contributed by atoms with Gasteiger partial charge in [-0.2, -0.15) is 0 Å². The summed E-state index contributed by atoms with van der Waals surface area (Å²) < 4.78 is 0. The van der Waals surface area contributed by atoms with E-state index in [1.807, 2.05) is 0 Å². The highest BCUT2D eigenvalue weighted by molar-refractivity contribution is 5.87. The van der Waals surface area contributed by atoms with Crippen LogP contribution >= 0.6 is 0 Å². The van der Waals surface area contributed by atoms with Crippen molar-refractivity contribution < 1.29 is 9.72 Å². The first-order valence-electron chi connectivity index (χ1n) is 6.19. The second-order valence-electron chi connectivity index (χ2n) is 4.73. The Morgan fingerprint density at radius 3 is 3.05 bits per heavy atom. The van der Waals surface area contributed by atoms with Gasteiger partial charge in [0.15, 0.2) is 0 Å². The lowest BCUT2D eigenvalue weighted by molar-refractivity contribution is -0.384. The van der Waals surface area contributed by atoms with Gasteiger partial charge in [0.25, 0.3) is 5.69 Å². The van der Waals surface area contributed by atoms with Crippen molar-refractivity contribution in [3.63, 3.8) is 0 Å². The predicted molar refractivity (Wildman–Crippen MR) is 69.8 cm³/mol. The maximum Gasteiger partial charge on any atom is 0.270 e. The number of nitro benzene ring substituents is 1. The number of aromatic amines is 1. The number of H-pyrrole nitrogens is 1. The molecule has 1 amide bonds. The van der Waals surface area contributed by atoms with Crippen LogP contribution in [-0.2, 0) is 11.2 Å². The molecular weight excluding hydrogens is 246 g/mol. The summed E-state index contributed by atoms with van der Waals surface area (Å²) >= 11 is 0. The zero-order chi connectivity index (χ0) is 13.4. The van der Waals surface area contributed by atoms with Crippen molar-refractivity contribution in [3.05, 3.63) is 39.6 Å². The number of amides is 1. The number of benzene rings is 1. The third-order valence-corrected chi connectivity index (χ3v) is 3.67. The molecule has 0 bridgehead atoms. The summed E-state index contributed by atoms with van der Waals surface area (Å²) in [4.78, 5) is 24.4. The van der Waals surface area contributed by atoms with E-state index < -0.39 is 0 Å². The number of rotatable bonds is 3. The first-order chi connectivity index (χ1) is 9.20. The fraction of sp³-hybridized carbons (Fsp3) is 0.308. The van der Waals surface area contributed by atoms with E-state index in [1.54, 1.807) is 12.1 Å². The van der Waals surface area contributed by atoms with Gasteiger partial charge in [-0.3, -0.25) is 14.9 Å². The van der Waals surface area contributed by atoms with E-state index in [2.05, 4.69) is 10.3 Å². The predicted octanol–water partition coefficient (Wildman–Crippen LogP) is 2.20. The van der Waals surface area contributed by atoms with Gasteiger partial charge in [-0.15, -0.1) is 0 Å². The van der Waals surface area contributed by atoms with Crippen LogP contribution in [0.3, 0.4) is 0 Å². The Labute approximate surface area is 109 Å². The van der Waals surface area contributed by atoms with Crippen LogP contribution in [-0.4, -0.2) is 16.3 Å². The van der Waals surface area contributed by atoms with Gasteiger partial charge >= 0.3 is 0 Å². The first kappa shape index (κ1) is 11.7. The summed E-state index contributed by atoms with van der Waals surface area (Å²) in [5.41, 5.74) is 3.05. The van der Waals surface area contributed by atoms with E-state index in [-0.39, 0.29) is 16.7 Å². The highest BCUT2D eigenvalue weighted by atomic mass is 16.6. The van der Waals surface area contributed by atoms with E-state index in [1.165, 1.54) is 6.07 Å². The van der Waals surface area contributed by atoms with Gasteiger partial charge in [-0.25, -0.2) is 0 Å². The van der Waals surface area contributed by atoms with Gasteiger partial charge in [0.2, 0.25) is 6.41 Å². The number of non-ortho nitro benzene ring substituents is 1. The molecule has 0 saturated heterocycles. The van der Waals surface area contributed by atoms with E-state index in [9.17, 15) is 14.9 Å². The molecule has 0 unspecified atom stereocenters. The molecule has 98 valence electrons. The largest absolute Gasteiger partial charge is 0.356 e. The molecule has 0 saturated carbocycles. The zero-order valence-corrected chi connectivity index (χ0v) is 10.2. The van der Waals surface area contributed by atoms with E-state index in [4.69, 9.17) is 0 Å². The molecule has 2 aromatic rings. The van der Waals surface area contributed by atoms with Gasteiger partial charge in [-0.1, -0.05) is 0 Å². The topological polar surface area (TPSA) is 88.0 Å². The number of nitrogens with zero attached hydrogens (tertiary/aromatic N) is 1. The first-order valence-corrected chi connectivity index (χ1v) is 6.19. The Hall–Kier alpha value is -2.37. The number of aryl methyl sites for hydroxylation is 1. The fourth-order valence-corrected chi connectivity index (χ4v) is 2.81. The van der Waals surface area contributed by atoms with Crippen molar-refractivity contribution in [1.29, 1.82) is 0 Å². The molecule has 1 aliphatic carbocycles. The molecule has 0 aliphatic heterocycles. The minimum atomic E-state index is -0.386. The summed E-state index contributed by atoms with van der Waals surface area (Å²) in [6.45, 7) is 0. The lowest BCUT2D eigenvalue weighted by Gasteiger charge is -2.21. The second kappa shape index (κ2) is 4.38. The number of nitro groups is 1. The van der Waals surface area contributed by atoms with Crippen LogP contribution in [0.1, 0.15) is 30.1 Å². The minimum Gasteiger partial charge on any atom is -0.356 e. The molecule has 1 aromatic carbocycles. The van der Waals surface area contributed by atoms with Crippen molar-refractivity contribution >= 4 is 23.0 Å². The summed E-state index contributed by atoms with van der Waals surface area (Å²) in [5, 5.41) is 14.5. The Kier molecular flexibility index (Phi) is 2.70. The summed E-state index contributed by atoms with van der Waals surface area (Å²) in [6, 6.07) is 4.80. The number of carbonyl (C=O) groups is 1. The standard InChI is InChI=1S/C13H13N3O3/c17-7-14-12-3-1-2-9-10-6-8(16(18)19)4-5-11(10)15-13(9)12/h4-7,12,15H,1-3H2,(H,14,17)/t12-/m1/s1. The van der Waals surface area contributed by atoms with E-state index in [0.717, 1.165) is 41.4 Å². The molecule has 3 rings (SSSR count). The molecule has 1 aromatic heterocycles. The molecule has 0 fully saturated rings. The Bertz CT molecular complexity index is 662. The summed E-state index contributed by atoms with van der Waals surface area (Å²) in [5.74, 6) is 0. The SMILES string of the molecule is O=CN[C@@H]1CCCc2c1[nH]c1ccc([N+](=O)[O-])cc21. The van der Waals surface area contributed by atoms with Crippen LogP contribution in [0.2, 0.25) is 0 Å². The van der Waals surface area contributed by atoms with Crippen LogP contribution in [0.25, 0.3) is 10.9 Å². The molecule has 1 atom stereocenters. The number of aromatic nitrogens is 1. The van der Waals surface area contributed by atoms with Gasteiger partial charge in [0.1, 0.15) is 0 Å². The average Bonchev–Trinajstić information content (AvgIpc) is 2.78. The van der Waals surface area contributed by atoms with Crippen molar-refractivity contribution in [2.75, 3.05) is 0 Å². The summed E-state index contributed by atoms with van der Waals surface area (Å²) in [7, 11) is 0. The number of carbonyl (C=O) groups excluding carboxylic acids is 1. The maximum absolute atomic E-state index is 10.8. The monoisotopic (exact) mass is 259 g/mol. The van der Waals surface area contributed by atoms with Crippen LogP contribution in [0, 0.1) is 10.1 Å². The fourth-order valence-electron chi connectivity index (χ4n) is 2.81. The highest BCUT2D eigenvalue weighted by Gasteiger charge is 2.24. The molecule has 0 spiro atoms. The van der Waals surface area contributed by atoms with E-state index in [0.29, 0.717) is 6.41 Å². The highest BCUT2D eigenvalue weighted by Crippen LogP contribution is 2.35. The number of nitrogens with one attached hydrogen (secondary N) is 2. The molecule has 2 N–H and O–H groups in total. The average molecular weight is 259 g/mol. The Morgan fingerprint density at radius 1 is 1.47 bits per heavy atom.